The maximum absolute atomic E-state index is 12.0. The Morgan fingerprint density at radius 2 is 1.65 bits per heavy atom. The maximum Gasteiger partial charge on any atom is 0.315 e. The van der Waals surface area contributed by atoms with Crippen LogP contribution in [0.4, 0.5) is 10.5 Å². The van der Waals surface area contributed by atoms with Crippen LogP contribution in [0, 0.1) is 0 Å². The molecule has 2 aromatic rings. The van der Waals surface area contributed by atoms with Crippen LogP contribution in [0.5, 0.6) is 11.5 Å². The number of ether oxygens (including phenoxy) is 2. The van der Waals surface area contributed by atoms with Crippen molar-refractivity contribution in [2.24, 2.45) is 0 Å². The van der Waals surface area contributed by atoms with Crippen LogP contribution in [0.1, 0.15) is 5.56 Å². The summed E-state index contributed by atoms with van der Waals surface area (Å²) in [5.41, 5.74) is 1.32. The summed E-state index contributed by atoms with van der Waals surface area (Å²) in [6.45, 7) is 0.168. The van der Waals surface area contributed by atoms with Gasteiger partial charge < -0.3 is 25.4 Å². The average Bonchev–Trinajstić information content (AvgIpc) is 2.66. The number of methoxy groups -OCH3 is 2. The topological polar surface area (TPSA) is 88.7 Å². The molecule has 0 radical (unpaired) electrons. The fourth-order valence-electron chi connectivity index (χ4n) is 2.15. The van der Waals surface area contributed by atoms with E-state index in [0.29, 0.717) is 28.8 Å². The van der Waals surface area contributed by atoms with Gasteiger partial charge in [0.15, 0.2) is 11.5 Å². The molecule has 0 saturated heterocycles. The van der Waals surface area contributed by atoms with Gasteiger partial charge in [-0.2, -0.15) is 0 Å². The van der Waals surface area contributed by atoms with Crippen molar-refractivity contribution in [2.75, 3.05) is 26.1 Å². The number of amides is 3. The van der Waals surface area contributed by atoms with Gasteiger partial charge in [-0.05, 0) is 5.56 Å². The molecular formula is C18H20ClN3O4. The van der Waals surface area contributed by atoms with Crippen molar-refractivity contribution >= 4 is 29.2 Å². The smallest absolute Gasteiger partial charge is 0.315 e. The van der Waals surface area contributed by atoms with Gasteiger partial charge in [-0.3, -0.25) is 4.79 Å². The van der Waals surface area contributed by atoms with Gasteiger partial charge in [-0.1, -0.05) is 41.9 Å². The largest absolute Gasteiger partial charge is 0.493 e. The van der Waals surface area contributed by atoms with Gasteiger partial charge in [0.25, 0.3) is 0 Å². The quantitative estimate of drug-likeness (QED) is 0.692. The lowest BCUT2D eigenvalue weighted by Gasteiger charge is -2.13. The third kappa shape index (κ3) is 5.56. The molecule has 0 aliphatic heterocycles. The highest BCUT2D eigenvalue weighted by Crippen LogP contribution is 2.35. The van der Waals surface area contributed by atoms with Crippen molar-refractivity contribution < 1.29 is 19.1 Å². The molecular weight excluding hydrogens is 358 g/mol. The number of rotatable bonds is 7. The van der Waals surface area contributed by atoms with Crippen molar-refractivity contribution in [3.63, 3.8) is 0 Å². The van der Waals surface area contributed by atoms with Crippen molar-refractivity contribution in [2.45, 2.75) is 6.54 Å². The number of hydrogen-bond donors (Lipinski definition) is 3. The second-order valence-corrected chi connectivity index (χ2v) is 5.66. The van der Waals surface area contributed by atoms with Crippen LogP contribution < -0.4 is 25.4 Å². The molecule has 2 rings (SSSR count). The highest BCUT2D eigenvalue weighted by molar-refractivity contribution is 6.34. The number of carbonyl (C=O) groups is 2. The van der Waals surface area contributed by atoms with Crippen LogP contribution in [0.3, 0.4) is 0 Å². The number of halogens is 1. The highest BCUT2D eigenvalue weighted by Gasteiger charge is 2.13. The molecule has 3 amide bonds. The predicted molar refractivity (Wildman–Crippen MR) is 99.9 cm³/mol. The minimum atomic E-state index is -0.442. The van der Waals surface area contributed by atoms with E-state index in [1.165, 1.54) is 20.3 Å². The lowest BCUT2D eigenvalue weighted by atomic mass is 10.2. The van der Waals surface area contributed by atoms with Crippen molar-refractivity contribution in [1.82, 2.24) is 10.6 Å². The molecule has 0 bridgehead atoms. The zero-order chi connectivity index (χ0) is 18.9. The standard InChI is InChI=1S/C18H20ClN3O4/c1-25-15-8-13(19)14(9-16(15)26-2)22-17(23)11-21-18(24)20-10-12-6-4-3-5-7-12/h3-9H,10-11H2,1-2H3,(H,22,23)(H2,20,21,24). The number of hydrogen-bond acceptors (Lipinski definition) is 4. The summed E-state index contributed by atoms with van der Waals surface area (Å²) in [5.74, 6) is 0.462. The fourth-order valence-corrected chi connectivity index (χ4v) is 2.35. The van der Waals surface area contributed by atoms with Gasteiger partial charge in [0.2, 0.25) is 5.91 Å². The molecule has 138 valence electrons. The summed E-state index contributed by atoms with van der Waals surface area (Å²) in [6.07, 6.45) is 0. The van der Waals surface area contributed by atoms with Gasteiger partial charge in [0.1, 0.15) is 0 Å². The van der Waals surface area contributed by atoms with E-state index < -0.39 is 11.9 Å². The molecule has 0 aliphatic carbocycles. The highest BCUT2D eigenvalue weighted by atomic mass is 35.5. The van der Waals surface area contributed by atoms with E-state index in [1.54, 1.807) is 6.07 Å². The molecule has 0 aromatic heterocycles. The number of nitrogens with one attached hydrogen (secondary N) is 3. The van der Waals surface area contributed by atoms with E-state index in [4.69, 9.17) is 21.1 Å². The van der Waals surface area contributed by atoms with E-state index in [2.05, 4.69) is 16.0 Å². The third-order valence-corrected chi connectivity index (χ3v) is 3.77. The van der Waals surface area contributed by atoms with Gasteiger partial charge in [-0.25, -0.2) is 4.79 Å². The number of carbonyl (C=O) groups excluding carboxylic acids is 2. The van der Waals surface area contributed by atoms with Gasteiger partial charge in [0.05, 0.1) is 31.5 Å². The normalized spacial score (nSPS) is 9.96. The van der Waals surface area contributed by atoms with Crippen LogP contribution in [-0.4, -0.2) is 32.7 Å². The van der Waals surface area contributed by atoms with Gasteiger partial charge in [-0.15, -0.1) is 0 Å². The lowest BCUT2D eigenvalue weighted by molar-refractivity contribution is -0.115. The Labute approximate surface area is 156 Å². The Balaban J connectivity index is 1.84. The summed E-state index contributed by atoms with van der Waals surface area (Å²) in [6, 6.07) is 12.1. The molecule has 2 aromatic carbocycles. The molecule has 0 aliphatic rings. The molecule has 7 nitrogen and oxygen atoms in total. The zero-order valence-corrected chi connectivity index (χ0v) is 15.2. The molecule has 8 heteroatoms. The summed E-state index contributed by atoms with van der Waals surface area (Å²) in [4.78, 5) is 23.8. The second-order valence-electron chi connectivity index (χ2n) is 5.26. The maximum atomic E-state index is 12.0. The SMILES string of the molecule is COc1cc(Cl)c(NC(=O)CNC(=O)NCc2ccccc2)cc1OC. The Morgan fingerprint density at radius 3 is 2.31 bits per heavy atom. The van der Waals surface area contributed by atoms with Crippen LogP contribution in [0.15, 0.2) is 42.5 Å². The molecule has 0 fully saturated rings. The van der Waals surface area contributed by atoms with E-state index >= 15 is 0 Å². The third-order valence-electron chi connectivity index (χ3n) is 3.45. The van der Waals surface area contributed by atoms with Gasteiger partial charge >= 0.3 is 6.03 Å². The van der Waals surface area contributed by atoms with E-state index in [-0.39, 0.29) is 6.54 Å². The second kappa shape index (κ2) is 9.53. The zero-order valence-electron chi connectivity index (χ0n) is 14.5. The van der Waals surface area contributed by atoms with Gasteiger partial charge in [0, 0.05) is 18.7 Å². The van der Waals surface area contributed by atoms with Crippen LogP contribution in [0.2, 0.25) is 5.02 Å². The first-order valence-corrected chi connectivity index (χ1v) is 8.18. The van der Waals surface area contributed by atoms with Crippen molar-refractivity contribution in [1.29, 1.82) is 0 Å². The number of benzene rings is 2. The molecule has 0 atom stereocenters. The monoisotopic (exact) mass is 377 g/mol. The first kappa shape index (κ1) is 19.4. The Hall–Kier alpha value is -2.93. The number of anilines is 1. The lowest BCUT2D eigenvalue weighted by Crippen LogP contribution is -2.39. The van der Waals surface area contributed by atoms with E-state index in [1.807, 2.05) is 30.3 Å². The predicted octanol–water partition coefficient (Wildman–Crippen LogP) is 2.80. The summed E-state index contributed by atoms with van der Waals surface area (Å²) in [5, 5.41) is 8.06. The summed E-state index contributed by atoms with van der Waals surface area (Å²) < 4.78 is 10.3. The van der Waals surface area contributed by atoms with Crippen LogP contribution in [0.25, 0.3) is 0 Å². The first-order chi connectivity index (χ1) is 12.5. The van der Waals surface area contributed by atoms with Crippen LogP contribution in [-0.2, 0) is 11.3 Å². The molecule has 0 heterocycles. The Bertz CT molecular complexity index is 769. The molecule has 0 saturated carbocycles. The van der Waals surface area contributed by atoms with Crippen molar-refractivity contribution in [3.05, 3.63) is 53.1 Å². The molecule has 0 spiro atoms. The molecule has 26 heavy (non-hydrogen) atoms. The first-order valence-electron chi connectivity index (χ1n) is 7.80. The van der Waals surface area contributed by atoms with E-state index in [9.17, 15) is 9.59 Å². The number of urea groups is 1. The van der Waals surface area contributed by atoms with Crippen LogP contribution >= 0.6 is 11.6 Å². The Morgan fingerprint density at radius 1 is 1.00 bits per heavy atom. The Kier molecular flexibility index (Phi) is 7.11. The minimum absolute atomic E-state index is 0.203. The molecule has 3 N–H and O–H groups in total. The van der Waals surface area contributed by atoms with E-state index in [0.717, 1.165) is 5.56 Å². The fraction of sp³-hybridized carbons (Fsp3) is 0.222. The summed E-state index contributed by atoms with van der Waals surface area (Å²) in [7, 11) is 2.97. The summed E-state index contributed by atoms with van der Waals surface area (Å²) >= 11 is 6.11. The van der Waals surface area contributed by atoms with Crippen molar-refractivity contribution in [3.8, 4) is 11.5 Å². The molecule has 0 unspecified atom stereocenters. The average molecular weight is 378 g/mol. The minimum Gasteiger partial charge on any atom is -0.493 e.